The van der Waals surface area contributed by atoms with Crippen LogP contribution in [-0.2, 0) is 10.3 Å². The Balaban J connectivity index is 1.50. The molecule has 0 saturated carbocycles. The standard InChI is InChI=1S/C22H36N4O2/c1-22(2,3)26-11-9-19(17-26)21(28)25-10-5-6-18(16-25)7-8-20(27)24-14-12-23(4)13-15-24/h9,11,17-18H,5-8,10,12-16H2,1-4H3/t18-/m0/s1. The van der Waals surface area contributed by atoms with Crippen LogP contribution >= 0.6 is 0 Å². The van der Waals surface area contributed by atoms with Gasteiger partial charge in [0.25, 0.3) is 5.91 Å². The van der Waals surface area contributed by atoms with Crippen LogP contribution in [0.4, 0.5) is 0 Å². The van der Waals surface area contributed by atoms with Crippen molar-refractivity contribution in [3.05, 3.63) is 24.0 Å². The number of carbonyl (C=O) groups is 2. The maximum Gasteiger partial charge on any atom is 0.255 e. The van der Waals surface area contributed by atoms with Crippen LogP contribution in [0.1, 0.15) is 56.8 Å². The minimum atomic E-state index is -0.0212. The molecule has 156 valence electrons. The normalized spacial score (nSPS) is 21.8. The number of piperidine rings is 1. The fourth-order valence-electron chi connectivity index (χ4n) is 4.15. The molecule has 3 heterocycles. The third-order valence-corrected chi connectivity index (χ3v) is 6.14. The number of amides is 2. The summed E-state index contributed by atoms with van der Waals surface area (Å²) >= 11 is 0. The molecule has 2 aliphatic heterocycles. The van der Waals surface area contributed by atoms with Gasteiger partial charge >= 0.3 is 0 Å². The summed E-state index contributed by atoms with van der Waals surface area (Å²) in [6, 6.07) is 1.92. The Morgan fingerprint density at radius 2 is 1.79 bits per heavy atom. The van der Waals surface area contributed by atoms with Crippen molar-refractivity contribution in [1.82, 2.24) is 19.3 Å². The lowest BCUT2D eigenvalue weighted by molar-refractivity contribution is -0.133. The monoisotopic (exact) mass is 388 g/mol. The number of hydrogen-bond acceptors (Lipinski definition) is 3. The Hall–Kier alpha value is -1.82. The number of rotatable bonds is 4. The van der Waals surface area contributed by atoms with E-state index in [0.717, 1.165) is 64.1 Å². The van der Waals surface area contributed by atoms with Gasteiger partial charge in [0.15, 0.2) is 0 Å². The highest BCUT2D eigenvalue weighted by atomic mass is 16.2. The van der Waals surface area contributed by atoms with Gasteiger partial charge in [0.05, 0.1) is 5.56 Å². The number of nitrogens with zero attached hydrogens (tertiary/aromatic N) is 4. The van der Waals surface area contributed by atoms with Gasteiger partial charge < -0.3 is 19.3 Å². The molecule has 1 atom stereocenters. The fraction of sp³-hybridized carbons (Fsp3) is 0.727. The first-order valence-corrected chi connectivity index (χ1v) is 10.7. The van der Waals surface area contributed by atoms with E-state index < -0.39 is 0 Å². The lowest BCUT2D eigenvalue weighted by atomic mass is 9.92. The fourth-order valence-corrected chi connectivity index (χ4v) is 4.15. The zero-order chi connectivity index (χ0) is 20.3. The van der Waals surface area contributed by atoms with Crippen molar-refractivity contribution in [3.8, 4) is 0 Å². The van der Waals surface area contributed by atoms with E-state index >= 15 is 0 Å². The van der Waals surface area contributed by atoms with Crippen LogP contribution in [0.3, 0.4) is 0 Å². The molecule has 3 rings (SSSR count). The van der Waals surface area contributed by atoms with Gasteiger partial charge in [0.1, 0.15) is 0 Å². The molecule has 28 heavy (non-hydrogen) atoms. The minimum Gasteiger partial charge on any atom is -0.348 e. The molecule has 2 saturated heterocycles. The molecule has 0 unspecified atom stereocenters. The summed E-state index contributed by atoms with van der Waals surface area (Å²) in [6.45, 7) is 11.6. The van der Waals surface area contributed by atoms with Crippen molar-refractivity contribution >= 4 is 11.8 Å². The quantitative estimate of drug-likeness (QED) is 0.797. The van der Waals surface area contributed by atoms with E-state index in [2.05, 4.69) is 37.3 Å². The maximum absolute atomic E-state index is 12.9. The van der Waals surface area contributed by atoms with E-state index in [1.807, 2.05) is 28.3 Å². The third kappa shape index (κ3) is 5.16. The van der Waals surface area contributed by atoms with Crippen LogP contribution in [0.2, 0.25) is 0 Å². The maximum atomic E-state index is 12.9. The van der Waals surface area contributed by atoms with Crippen LogP contribution in [0.25, 0.3) is 0 Å². The van der Waals surface area contributed by atoms with E-state index in [4.69, 9.17) is 0 Å². The van der Waals surface area contributed by atoms with Crippen LogP contribution in [0.15, 0.2) is 18.5 Å². The summed E-state index contributed by atoms with van der Waals surface area (Å²) in [5.74, 6) is 0.829. The van der Waals surface area contributed by atoms with Crippen LogP contribution < -0.4 is 0 Å². The molecule has 0 spiro atoms. The molecule has 6 heteroatoms. The Morgan fingerprint density at radius 1 is 1.07 bits per heavy atom. The topological polar surface area (TPSA) is 48.8 Å². The average Bonchev–Trinajstić information content (AvgIpc) is 3.17. The summed E-state index contributed by atoms with van der Waals surface area (Å²) in [5, 5.41) is 0. The molecule has 0 bridgehead atoms. The van der Waals surface area contributed by atoms with Crippen molar-refractivity contribution in [3.63, 3.8) is 0 Å². The number of carbonyl (C=O) groups excluding carboxylic acids is 2. The first kappa shape index (κ1) is 20.9. The molecule has 2 amide bonds. The van der Waals surface area contributed by atoms with Crippen molar-refractivity contribution in [2.24, 2.45) is 5.92 Å². The molecule has 2 fully saturated rings. The number of aromatic nitrogens is 1. The first-order chi connectivity index (χ1) is 13.2. The summed E-state index contributed by atoms with van der Waals surface area (Å²) < 4.78 is 2.09. The Kier molecular flexibility index (Phi) is 6.48. The molecule has 1 aromatic heterocycles. The molecular weight excluding hydrogens is 352 g/mol. The molecule has 0 N–H and O–H groups in total. The second kappa shape index (κ2) is 8.68. The molecule has 2 aliphatic rings. The summed E-state index contributed by atoms with van der Waals surface area (Å²) in [7, 11) is 2.10. The minimum absolute atomic E-state index is 0.0212. The lowest BCUT2D eigenvalue weighted by Crippen LogP contribution is -2.47. The van der Waals surface area contributed by atoms with Crippen molar-refractivity contribution in [2.75, 3.05) is 46.3 Å². The van der Waals surface area contributed by atoms with E-state index in [0.29, 0.717) is 12.3 Å². The zero-order valence-electron chi connectivity index (χ0n) is 18.0. The van der Waals surface area contributed by atoms with E-state index in [1.54, 1.807) is 0 Å². The highest BCUT2D eigenvalue weighted by molar-refractivity contribution is 5.94. The van der Waals surface area contributed by atoms with Gasteiger partial charge in [-0.15, -0.1) is 0 Å². The smallest absolute Gasteiger partial charge is 0.255 e. The number of hydrogen-bond donors (Lipinski definition) is 0. The molecule has 1 aromatic rings. The predicted octanol–water partition coefficient (Wildman–Crippen LogP) is 2.65. The Bertz CT molecular complexity index is 683. The number of likely N-dealkylation sites (N-methyl/N-ethyl adjacent to an activating group) is 1. The van der Waals surface area contributed by atoms with Crippen LogP contribution in [-0.4, -0.2) is 77.4 Å². The third-order valence-electron chi connectivity index (χ3n) is 6.14. The predicted molar refractivity (Wildman–Crippen MR) is 111 cm³/mol. The first-order valence-electron chi connectivity index (χ1n) is 10.7. The SMILES string of the molecule is CN1CCN(C(=O)CC[C@@H]2CCCN(C(=O)c3ccn(C(C)(C)C)c3)C2)CC1. The number of piperazine rings is 1. The van der Waals surface area contributed by atoms with Gasteiger partial charge in [0, 0.05) is 63.6 Å². The Labute approximate surface area is 169 Å². The Morgan fingerprint density at radius 3 is 2.43 bits per heavy atom. The van der Waals surface area contributed by atoms with Gasteiger partial charge in [-0.1, -0.05) is 0 Å². The molecule has 6 nitrogen and oxygen atoms in total. The summed E-state index contributed by atoms with van der Waals surface area (Å²) in [6.07, 6.45) is 7.59. The lowest BCUT2D eigenvalue weighted by Gasteiger charge is -2.34. The second-order valence-electron chi connectivity index (χ2n) is 9.46. The second-order valence-corrected chi connectivity index (χ2v) is 9.46. The number of likely N-dealkylation sites (tertiary alicyclic amines) is 1. The van der Waals surface area contributed by atoms with Crippen molar-refractivity contribution in [2.45, 2.75) is 52.0 Å². The highest BCUT2D eigenvalue weighted by Crippen LogP contribution is 2.24. The molecular formula is C22H36N4O2. The van der Waals surface area contributed by atoms with Gasteiger partial charge in [-0.05, 0) is 59.1 Å². The average molecular weight is 389 g/mol. The van der Waals surface area contributed by atoms with Gasteiger partial charge in [0.2, 0.25) is 5.91 Å². The van der Waals surface area contributed by atoms with Gasteiger partial charge in [-0.25, -0.2) is 0 Å². The van der Waals surface area contributed by atoms with Crippen molar-refractivity contribution < 1.29 is 9.59 Å². The highest BCUT2D eigenvalue weighted by Gasteiger charge is 2.27. The molecule has 0 aliphatic carbocycles. The molecule has 0 aromatic carbocycles. The van der Waals surface area contributed by atoms with E-state index in [-0.39, 0.29) is 17.4 Å². The van der Waals surface area contributed by atoms with Crippen molar-refractivity contribution in [1.29, 1.82) is 0 Å². The summed E-state index contributed by atoms with van der Waals surface area (Å²) in [4.78, 5) is 31.7. The van der Waals surface area contributed by atoms with Gasteiger partial charge in [-0.2, -0.15) is 0 Å². The van der Waals surface area contributed by atoms with E-state index in [1.165, 1.54) is 0 Å². The molecule has 0 radical (unpaired) electrons. The van der Waals surface area contributed by atoms with Crippen LogP contribution in [0.5, 0.6) is 0 Å². The summed E-state index contributed by atoms with van der Waals surface area (Å²) in [5.41, 5.74) is 0.746. The zero-order valence-corrected chi connectivity index (χ0v) is 18.0. The van der Waals surface area contributed by atoms with Gasteiger partial charge in [-0.3, -0.25) is 9.59 Å². The van der Waals surface area contributed by atoms with E-state index in [9.17, 15) is 9.59 Å². The largest absolute Gasteiger partial charge is 0.348 e. The van der Waals surface area contributed by atoms with Crippen LogP contribution in [0, 0.1) is 5.92 Å².